The number of nitrogens with zero attached hydrogens (tertiary/aromatic N) is 2. The van der Waals surface area contributed by atoms with Crippen LogP contribution in [0, 0.1) is 23.7 Å². The highest BCUT2D eigenvalue weighted by molar-refractivity contribution is 5.93. The molecule has 0 spiro atoms. The second kappa shape index (κ2) is 12.6. The molecule has 0 radical (unpaired) electrons. The summed E-state index contributed by atoms with van der Waals surface area (Å²) in [4.78, 5) is 9.54. The normalized spacial score (nSPS) is 31.6. The van der Waals surface area contributed by atoms with E-state index < -0.39 is 11.7 Å². The van der Waals surface area contributed by atoms with Gasteiger partial charge in [-0.2, -0.15) is 4.39 Å². The standard InChI is InChI=1S/C27H40F2N2O2/c1-5-8-23-14-13-21(17-33-23)27-30-15-22(16-31-27)20-11-9-19(10-12-20)18(4)25(28)26(29)24(6-2)32-7-3/h6,15,19-23H,4-5,7-14,16-17H2,1-3H3/b24-6+,26-25-. The minimum atomic E-state index is -0.944. The van der Waals surface area contributed by atoms with Crippen molar-refractivity contribution in [2.45, 2.75) is 78.2 Å². The Balaban J connectivity index is 1.48. The fraction of sp³-hybridized carbons (Fsp3) is 0.704. The predicted molar refractivity (Wildman–Crippen MR) is 131 cm³/mol. The van der Waals surface area contributed by atoms with Gasteiger partial charge in [0.2, 0.25) is 5.83 Å². The molecule has 0 aromatic rings. The monoisotopic (exact) mass is 462 g/mol. The number of hydrogen-bond acceptors (Lipinski definition) is 4. The van der Waals surface area contributed by atoms with E-state index >= 15 is 0 Å². The minimum Gasteiger partial charge on any atom is -0.491 e. The maximum atomic E-state index is 14.7. The van der Waals surface area contributed by atoms with E-state index in [-0.39, 0.29) is 23.9 Å². The highest BCUT2D eigenvalue weighted by atomic mass is 19.2. The van der Waals surface area contributed by atoms with Gasteiger partial charge in [0, 0.05) is 24.6 Å². The summed E-state index contributed by atoms with van der Waals surface area (Å²) in [5.41, 5.74) is 0.251. The quantitative estimate of drug-likeness (QED) is 0.270. The molecular formula is C27H40F2N2O2. The van der Waals surface area contributed by atoms with Crippen LogP contribution in [0.4, 0.5) is 8.78 Å². The van der Waals surface area contributed by atoms with Gasteiger partial charge in [0.05, 0.1) is 19.3 Å². The molecule has 184 valence electrons. The first kappa shape index (κ1) is 25.8. The summed E-state index contributed by atoms with van der Waals surface area (Å²) in [5.74, 6) is 0.154. The van der Waals surface area contributed by atoms with Crippen molar-refractivity contribution in [1.29, 1.82) is 0 Å². The number of allylic oxidation sites excluding steroid dienone is 4. The molecule has 3 rings (SSSR count). The van der Waals surface area contributed by atoms with E-state index in [0.29, 0.717) is 23.9 Å². The van der Waals surface area contributed by atoms with Crippen LogP contribution in [-0.4, -0.2) is 37.9 Å². The third kappa shape index (κ3) is 6.62. The number of halogens is 2. The first-order chi connectivity index (χ1) is 16.0. The van der Waals surface area contributed by atoms with Gasteiger partial charge in [-0.3, -0.25) is 4.99 Å². The van der Waals surface area contributed by atoms with Crippen molar-refractivity contribution in [1.82, 2.24) is 0 Å². The Morgan fingerprint density at radius 2 is 1.91 bits per heavy atom. The Bertz CT molecular complexity index is 786. The van der Waals surface area contributed by atoms with Crippen LogP contribution in [-0.2, 0) is 9.47 Å². The zero-order chi connectivity index (χ0) is 23.8. The average molecular weight is 463 g/mol. The molecular weight excluding hydrogens is 422 g/mol. The third-order valence-corrected chi connectivity index (χ3v) is 7.33. The van der Waals surface area contributed by atoms with E-state index in [1.54, 1.807) is 13.8 Å². The van der Waals surface area contributed by atoms with Crippen molar-refractivity contribution in [3.05, 3.63) is 35.6 Å². The lowest BCUT2D eigenvalue weighted by Crippen LogP contribution is -2.33. The summed E-state index contributed by atoms with van der Waals surface area (Å²) in [6.07, 6.45) is 11.9. The maximum Gasteiger partial charge on any atom is 0.200 e. The number of aliphatic imine (C=N–C) groups is 2. The Morgan fingerprint density at radius 3 is 2.45 bits per heavy atom. The highest BCUT2D eigenvalue weighted by Crippen LogP contribution is 2.40. The number of rotatable bonds is 9. The van der Waals surface area contributed by atoms with Crippen LogP contribution in [0.3, 0.4) is 0 Å². The molecule has 0 bridgehead atoms. The molecule has 3 aliphatic rings. The molecule has 2 heterocycles. The van der Waals surface area contributed by atoms with Crippen molar-refractivity contribution in [3.8, 4) is 0 Å². The SMILES string of the molecule is C=C(/C(F)=C(F)\C(=C/C)OCC)C1CCC(C2C=NC(C3CCC(CCC)OC3)=NC2)CC1. The van der Waals surface area contributed by atoms with Gasteiger partial charge >= 0.3 is 0 Å². The van der Waals surface area contributed by atoms with E-state index in [9.17, 15) is 8.78 Å². The number of amidine groups is 1. The summed E-state index contributed by atoms with van der Waals surface area (Å²) in [7, 11) is 0. The van der Waals surface area contributed by atoms with Gasteiger partial charge in [-0.25, -0.2) is 9.38 Å². The summed E-state index contributed by atoms with van der Waals surface area (Å²) in [6.45, 7) is 11.2. The average Bonchev–Trinajstić information content (AvgIpc) is 2.87. The van der Waals surface area contributed by atoms with Crippen LogP contribution in [0.25, 0.3) is 0 Å². The second-order valence-corrected chi connectivity index (χ2v) is 9.51. The van der Waals surface area contributed by atoms with Gasteiger partial charge in [0.1, 0.15) is 5.84 Å². The summed E-state index contributed by atoms with van der Waals surface area (Å²) in [6, 6.07) is 0. The van der Waals surface area contributed by atoms with E-state index in [1.165, 1.54) is 6.08 Å². The Labute approximate surface area is 197 Å². The maximum absolute atomic E-state index is 14.7. The highest BCUT2D eigenvalue weighted by Gasteiger charge is 2.32. The molecule has 6 heteroatoms. The van der Waals surface area contributed by atoms with Gasteiger partial charge in [-0.05, 0) is 82.3 Å². The van der Waals surface area contributed by atoms with Crippen LogP contribution in [0.5, 0.6) is 0 Å². The smallest absolute Gasteiger partial charge is 0.200 e. The number of ether oxygens (including phenoxy) is 2. The first-order valence-corrected chi connectivity index (χ1v) is 12.7. The summed E-state index contributed by atoms with van der Waals surface area (Å²) >= 11 is 0. The van der Waals surface area contributed by atoms with E-state index in [0.717, 1.165) is 70.4 Å². The fourth-order valence-electron chi connectivity index (χ4n) is 5.28. The second-order valence-electron chi connectivity index (χ2n) is 9.51. The summed E-state index contributed by atoms with van der Waals surface area (Å²) in [5, 5.41) is 0. The van der Waals surface area contributed by atoms with Crippen molar-refractivity contribution < 1.29 is 18.3 Å². The van der Waals surface area contributed by atoms with Crippen molar-refractivity contribution in [2.24, 2.45) is 33.7 Å². The molecule has 0 amide bonds. The lowest BCUT2D eigenvalue weighted by atomic mass is 9.73. The molecule has 1 aliphatic carbocycles. The van der Waals surface area contributed by atoms with Gasteiger partial charge in [-0.15, -0.1) is 0 Å². The van der Waals surface area contributed by atoms with Crippen LogP contribution in [0.15, 0.2) is 45.6 Å². The molecule has 3 unspecified atom stereocenters. The molecule has 3 atom stereocenters. The van der Waals surface area contributed by atoms with Crippen LogP contribution >= 0.6 is 0 Å². The van der Waals surface area contributed by atoms with Gasteiger partial charge in [0.15, 0.2) is 11.6 Å². The zero-order valence-electron chi connectivity index (χ0n) is 20.5. The largest absolute Gasteiger partial charge is 0.491 e. The molecule has 4 nitrogen and oxygen atoms in total. The van der Waals surface area contributed by atoms with Crippen LogP contribution in [0.1, 0.15) is 72.1 Å². The zero-order valence-corrected chi connectivity index (χ0v) is 20.5. The van der Waals surface area contributed by atoms with Gasteiger partial charge in [0.25, 0.3) is 0 Å². The molecule has 0 aromatic carbocycles. The van der Waals surface area contributed by atoms with Gasteiger partial charge < -0.3 is 9.47 Å². The van der Waals surface area contributed by atoms with Gasteiger partial charge in [-0.1, -0.05) is 19.9 Å². The lowest BCUT2D eigenvalue weighted by Gasteiger charge is -2.34. The minimum absolute atomic E-state index is 0.0400. The van der Waals surface area contributed by atoms with Crippen molar-refractivity contribution in [2.75, 3.05) is 19.8 Å². The molecule has 1 saturated carbocycles. The molecule has 0 aromatic heterocycles. The predicted octanol–water partition coefficient (Wildman–Crippen LogP) is 7.13. The van der Waals surface area contributed by atoms with Crippen molar-refractivity contribution >= 4 is 12.1 Å². The Morgan fingerprint density at radius 1 is 1.15 bits per heavy atom. The van der Waals surface area contributed by atoms with E-state index in [2.05, 4.69) is 19.7 Å². The van der Waals surface area contributed by atoms with E-state index in [1.807, 2.05) is 0 Å². The Kier molecular flexibility index (Phi) is 9.84. The molecule has 33 heavy (non-hydrogen) atoms. The topological polar surface area (TPSA) is 43.2 Å². The summed E-state index contributed by atoms with van der Waals surface area (Å²) < 4.78 is 40.4. The molecule has 2 fully saturated rings. The van der Waals surface area contributed by atoms with Crippen LogP contribution in [0.2, 0.25) is 0 Å². The Hall–Kier alpha value is -1.82. The third-order valence-electron chi connectivity index (χ3n) is 7.33. The molecule has 0 N–H and O–H groups in total. The van der Waals surface area contributed by atoms with Crippen molar-refractivity contribution in [3.63, 3.8) is 0 Å². The fourth-order valence-corrected chi connectivity index (χ4v) is 5.28. The van der Waals surface area contributed by atoms with E-state index in [4.69, 9.17) is 19.5 Å². The van der Waals surface area contributed by atoms with Crippen LogP contribution < -0.4 is 0 Å². The molecule has 2 aliphatic heterocycles. The molecule has 1 saturated heterocycles. The number of hydrogen-bond donors (Lipinski definition) is 0. The lowest BCUT2D eigenvalue weighted by molar-refractivity contribution is -0.00436. The first-order valence-electron chi connectivity index (χ1n) is 12.7.